The molecule has 5 heteroatoms. The van der Waals surface area contributed by atoms with E-state index in [0.717, 1.165) is 60.7 Å². The Hall–Kier alpha value is -3.05. The van der Waals surface area contributed by atoms with Crippen LogP contribution < -0.4 is 10.5 Å². The minimum atomic E-state index is -0.384. The largest absolute Gasteiger partial charge is 0.457 e. The minimum absolute atomic E-state index is 0.384. The summed E-state index contributed by atoms with van der Waals surface area (Å²) in [6, 6.07) is 17.6. The van der Waals surface area contributed by atoms with Crippen LogP contribution in [0.1, 0.15) is 41.5 Å². The fourth-order valence-electron chi connectivity index (χ4n) is 4.09. The number of hydrogen-bond donors (Lipinski definition) is 1. The highest BCUT2D eigenvalue weighted by molar-refractivity contribution is 6.02. The number of hydrogen-bond acceptors (Lipinski definition) is 3. The first-order chi connectivity index (χ1) is 14.9. The molecule has 2 aromatic carbocycles. The topological polar surface area (TPSA) is 60.5 Å². The first kappa shape index (κ1) is 22.6. The molecule has 1 aromatic heterocycles. The number of primary amides is 1. The summed E-state index contributed by atoms with van der Waals surface area (Å²) in [7, 11) is 4.15. The molecule has 0 saturated carbocycles. The molecule has 2 N–H and O–H groups in total. The van der Waals surface area contributed by atoms with E-state index in [1.807, 2.05) is 61.5 Å². The zero-order valence-corrected chi connectivity index (χ0v) is 19.0. The van der Waals surface area contributed by atoms with Gasteiger partial charge < -0.3 is 19.9 Å². The van der Waals surface area contributed by atoms with Crippen molar-refractivity contribution in [3.63, 3.8) is 0 Å². The quantitative estimate of drug-likeness (QED) is 0.488. The fraction of sp³-hybridized carbons (Fsp3) is 0.346. The molecule has 0 spiro atoms. The lowest BCUT2D eigenvalue weighted by atomic mass is 9.98. The highest BCUT2D eigenvalue weighted by Gasteiger charge is 2.24. The molecule has 1 amide bonds. The molecular formula is C26H33N3O2. The van der Waals surface area contributed by atoms with E-state index >= 15 is 0 Å². The molecule has 5 nitrogen and oxygen atoms in total. The summed E-state index contributed by atoms with van der Waals surface area (Å²) in [5.74, 6) is 1.13. The Bertz CT molecular complexity index is 1020. The summed E-state index contributed by atoms with van der Waals surface area (Å²) in [5, 5.41) is 0. The van der Waals surface area contributed by atoms with Crippen molar-refractivity contribution >= 4 is 5.91 Å². The van der Waals surface area contributed by atoms with Crippen molar-refractivity contribution in [1.82, 2.24) is 9.47 Å². The predicted octanol–water partition coefficient (Wildman–Crippen LogP) is 5.26. The smallest absolute Gasteiger partial charge is 0.251 e. The van der Waals surface area contributed by atoms with Crippen LogP contribution in [0.15, 0.2) is 54.6 Å². The van der Waals surface area contributed by atoms with Crippen LogP contribution in [0.4, 0.5) is 0 Å². The van der Waals surface area contributed by atoms with Gasteiger partial charge in [-0.3, -0.25) is 4.79 Å². The van der Waals surface area contributed by atoms with Crippen LogP contribution in [0, 0.1) is 6.92 Å². The second-order valence-electron chi connectivity index (χ2n) is 8.15. The van der Waals surface area contributed by atoms with Crippen molar-refractivity contribution in [2.24, 2.45) is 5.73 Å². The van der Waals surface area contributed by atoms with Gasteiger partial charge in [-0.05, 0) is 70.2 Å². The van der Waals surface area contributed by atoms with Gasteiger partial charge in [-0.15, -0.1) is 0 Å². The Labute approximate surface area is 185 Å². The zero-order valence-electron chi connectivity index (χ0n) is 19.0. The van der Waals surface area contributed by atoms with Gasteiger partial charge in [0.2, 0.25) is 0 Å². The first-order valence-corrected chi connectivity index (χ1v) is 10.9. The Kier molecular flexibility index (Phi) is 7.53. The van der Waals surface area contributed by atoms with E-state index < -0.39 is 0 Å². The third-order valence-corrected chi connectivity index (χ3v) is 5.45. The minimum Gasteiger partial charge on any atom is -0.457 e. The van der Waals surface area contributed by atoms with Gasteiger partial charge in [0.1, 0.15) is 11.5 Å². The normalized spacial score (nSPS) is 11.1. The van der Waals surface area contributed by atoms with Gasteiger partial charge in [0.15, 0.2) is 0 Å². The second-order valence-corrected chi connectivity index (χ2v) is 8.15. The van der Waals surface area contributed by atoms with Crippen molar-refractivity contribution < 1.29 is 9.53 Å². The molecule has 0 bridgehead atoms. The highest BCUT2D eigenvalue weighted by Crippen LogP contribution is 2.36. The molecule has 3 aromatic rings. The van der Waals surface area contributed by atoms with Crippen LogP contribution in [0.25, 0.3) is 11.1 Å². The summed E-state index contributed by atoms with van der Waals surface area (Å²) in [4.78, 5) is 14.7. The van der Waals surface area contributed by atoms with Crippen molar-refractivity contribution in [2.45, 2.75) is 39.7 Å². The van der Waals surface area contributed by atoms with Crippen LogP contribution in [-0.4, -0.2) is 36.0 Å². The summed E-state index contributed by atoms with van der Waals surface area (Å²) in [6.45, 7) is 6.02. The number of carbonyl (C=O) groups excluding carboxylic acids is 1. The van der Waals surface area contributed by atoms with Gasteiger partial charge in [-0.1, -0.05) is 43.7 Å². The molecule has 0 saturated heterocycles. The number of amides is 1. The number of aromatic nitrogens is 1. The van der Waals surface area contributed by atoms with E-state index in [1.165, 1.54) is 5.69 Å². The van der Waals surface area contributed by atoms with Crippen LogP contribution in [0.5, 0.6) is 11.5 Å². The summed E-state index contributed by atoms with van der Waals surface area (Å²) in [6.07, 6.45) is 2.88. The Balaban J connectivity index is 2.06. The molecule has 0 fully saturated rings. The molecule has 0 aliphatic heterocycles. The molecule has 31 heavy (non-hydrogen) atoms. The van der Waals surface area contributed by atoms with E-state index in [2.05, 4.69) is 30.5 Å². The van der Waals surface area contributed by atoms with Crippen LogP contribution in [-0.2, 0) is 13.0 Å². The monoisotopic (exact) mass is 419 g/mol. The fourth-order valence-corrected chi connectivity index (χ4v) is 4.09. The highest BCUT2D eigenvalue weighted by atomic mass is 16.5. The Morgan fingerprint density at radius 3 is 2.42 bits per heavy atom. The molecular weight excluding hydrogens is 386 g/mol. The summed E-state index contributed by atoms with van der Waals surface area (Å²) >= 11 is 0. The SMILES string of the molecule is CCCc1c(-c2cccc(Oc3ccccc3)c2)c(C(N)=O)c(C)n1CCCN(C)C. The number of nitrogens with two attached hydrogens (primary N) is 1. The van der Waals surface area contributed by atoms with Crippen LogP contribution in [0.2, 0.25) is 0 Å². The van der Waals surface area contributed by atoms with E-state index in [9.17, 15) is 4.79 Å². The van der Waals surface area contributed by atoms with Gasteiger partial charge in [-0.2, -0.15) is 0 Å². The molecule has 3 rings (SSSR count). The second kappa shape index (κ2) is 10.3. The molecule has 0 atom stereocenters. The maximum Gasteiger partial charge on any atom is 0.251 e. The molecule has 164 valence electrons. The van der Waals surface area contributed by atoms with E-state index in [4.69, 9.17) is 10.5 Å². The van der Waals surface area contributed by atoms with Gasteiger partial charge in [0.05, 0.1) is 5.56 Å². The predicted molar refractivity (Wildman–Crippen MR) is 127 cm³/mol. The van der Waals surface area contributed by atoms with Gasteiger partial charge in [-0.25, -0.2) is 0 Å². The number of rotatable bonds is 10. The number of nitrogens with zero attached hydrogens (tertiary/aromatic N) is 2. The molecule has 1 heterocycles. The van der Waals surface area contributed by atoms with Crippen LogP contribution in [0.3, 0.4) is 0 Å². The number of benzene rings is 2. The number of ether oxygens (including phenoxy) is 1. The number of carbonyl (C=O) groups is 1. The van der Waals surface area contributed by atoms with Gasteiger partial charge >= 0.3 is 0 Å². The van der Waals surface area contributed by atoms with Crippen molar-refractivity contribution in [1.29, 1.82) is 0 Å². The Morgan fingerprint density at radius 2 is 1.77 bits per heavy atom. The Morgan fingerprint density at radius 1 is 1.06 bits per heavy atom. The maximum absolute atomic E-state index is 12.5. The third-order valence-electron chi connectivity index (χ3n) is 5.45. The van der Waals surface area contributed by atoms with E-state index in [0.29, 0.717) is 5.56 Å². The standard InChI is InChI=1S/C26H33N3O2/c1-5-11-23-25(24(26(27)30)19(2)29(23)17-10-16-28(3)4)20-12-9-15-22(18-20)31-21-13-7-6-8-14-21/h6-9,12-15,18H,5,10-11,16-17H2,1-4H3,(H2,27,30). The first-order valence-electron chi connectivity index (χ1n) is 10.9. The molecule has 0 unspecified atom stereocenters. The molecule has 0 radical (unpaired) electrons. The van der Waals surface area contributed by atoms with Crippen molar-refractivity contribution in [3.05, 3.63) is 71.5 Å². The average molecular weight is 420 g/mol. The number of para-hydroxylation sites is 1. The summed E-state index contributed by atoms with van der Waals surface area (Å²) < 4.78 is 8.33. The van der Waals surface area contributed by atoms with Crippen LogP contribution >= 0.6 is 0 Å². The van der Waals surface area contributed by atoms with Crippen molar-refractivity contribution in [3.8, 4) is 22.6 Å². The average Bonchev–Trinajstić information content (AvgIpc) is 3.01. The van der Waals surface area contributed by atoms with E-state index in [-0.39, 0.29) is 5.91 Å². The van der Waals surface area contributed by atoms with Crippen molar-refractivity contribution in [2.75, 3.05) is 20.6 Å². The maximum atomic E-state index is 12.5. The lowest BCUT2D eigenvalue weighted by Crippen LogP contribution is -2.17. The third kappa shape index (κ3) is 5.36. The lowest BCUT2D eigenvalue weighted by molar-refractivity contribution is 0.1000. The zero-order chi connectivity index (χ0) is 22.4. The summed E-state index contributed by atoms with van der Waals surface area (Å²) in [5.41, 5.74) is 10.5. The van der Waals surface area contributed by atoms with E-state index in [1.54, 1.807) is 0 Å². The van der Waals surface area contributed by atoms with Gasteiger partial charge in [0.25, 0.3) is 5.91 Å². The lowest BCUT2D eigenvalue weighted by Gasteiger charge is -2.15. The molecule has 0 aliphatic carbocycles. The van der Waals surface area contributed by atoms with Gasteiger partial charge in [0, 0.05) is 23.5 Å². The molecule has 0 aliphatic rings.